The minimum atomic E-state index is -4.51. The Labute approximate surface area is 174 Å². The van der Waals surface area contributed by atoms with Gasteiger partial charge in [-0.3, -0.25) is 9.59 Å². The maximum absolute atomic E-state index is 12.3. The first-order valence-electron chi connectivity index (χ1n) is 9.24. The van der Waals surface area contributed by atoms with E-state index in [-0.39, 0.29) is 34.6 Å². The van der Waals surface area contributed by atoms with Gasteiger partial charge in [-0.1, -0.05) is 12.1 Å². The monoisotopic (exact) mass is 437 g/mol. The van der Waals surface area contributed by atoms with E-state index in [1.165, 1.54) is 0 Å². The lowest BCUT2D eigenvalue weighted by atomic mass is 10.1. The van der Waals surface area contributed by atoms with Crippen molar-refractivity contribution in [3.8, 4) is 5.88 Å². The summed E-state index contributed by atoms with van der Waals surface area (Å²) >= 11 is 0. The Morgan fingerprint density at radius 3 is 2.48 bits per heavy atom. The number of ether oxygens (including phenoxy) is 2. The van der Waals surface area contributed by atoms with Crippen LogP contribution in [0, 0.1) is 0 Å². The van der Waals surface area contributed by atoms with Crippen molar-refractivity contribution in [2.45, 2.75) is 25.1 Å². The second-order valence-corrected chi connectivity index (χ2v) is 6.71. The quantitative estimate of drug-likeness (QED) is 0.615. The van der Waals surface area contributed by atoms with Gasteiger partial charge in [-0.05, 0) is 31.0 Å². The molecule has 0 radical (unpaired) electrons. The Kier molecular flexibility index (Phi) is 6.73. The number of esters is 1. The van der Waals surface area contributed by atoms with E-state index in [0.29, 0.717) is 0 Å². The molecule has 8 nitrogen and oxygen atoms in total. The number of alkyl halides is 3. The van der Waals surface area contributed by atoms with E-state index >= 15 is 0 Å². The third-order valence-electron chi connectivity index (χ3n) is 4.05. The van der Waals surface area contributed by atoms with Crippen molar-refractivity contribution in [1.29, 1.82) is 0 Å². The number of anilines is 1. The Hall–Kier alpha value is -3.63. The Balaban J connectivity index is 1.50. The Morgan fingerprint density at radius 1 is 1.10 bits per heavy atom. The summed E-state index contributed by atoms with van der Waals surface area (Å²) in [6, 6.07) is 8.80. The van der Waals surface area contributed by atoms with Gasteiger partial charge in [0.15, 0.2) is 13.2 Å². The summed E-state index contributed by atoms with van der Waals surface area (Å²) < 4.78 is 45.7. The average Bonchev–Trinajstić information content (AvgIpc) is 3.54. The molecule has 1 fully saturated rings. The molecule has 2 N–H and O–H groups in total. The molecule has 1 aliphatic rings. The number of nitrogens with one attached hydrogen (secondary N) is 2. The fraction of sp³-hybridized carbons (Fsp3) is 0.300. The molecule has 3 rings (SSSR count). The third-order valence-corrected chi connectivity index (χ3v) is 4.05. The van der Waals surface area contributed by atoms with Crippen LogP contribution in [0.15, 0.2) is 42.6 Å². The molecule has 0 spiro atoms. The molecule has 11 heteroatoms. The second kappa shape index (κ2) is 9.45. The fourth-order valence-electron chi connectivity index (χ4n) is 2.42. The van der Waals surface area contributed by atoms with Gasteiger partial charge in [-0.15, -0.1) is 0 Å². The molecular formula is C20H18F3N3O5. The van der Waals surface area contributed by atoms with Gasteiger partial charge in [-0.25, -0.2) is 9.78 Å². The molecule has 0 atom stereocenters. The highest BCUT2D eigenvalue weighted by molar-refractivity contribution is 6.04. The van der Waals surface area contributed by atoms with Gasteiger partial charge in [0.1, 0.15) is 0 Å². The van der Waals surface area contributed by atoms with Gasteiger partial charge in [0.2, 0.25) is 5.88 Å². The van der Waals surface area contributed by atoms with Crippen LogP contribution in [0.3, 0.4) is 0 Å². The number of benzene rings is 1. The largest absolute Gasteiger partial charge is 0.468 e. The number of hydrogen-bond acceptors (Lipinski definition) is 6. The number of aromatic nitrogens is 1. The molecule has 0 bridgehead atoms. The van der Waals surface area contributed by atoms with Crippen LogP contribution in [0.25, 0.3) is 0 Å². The lowest BCUT2D eigenvalue weighted by Crippen LogP contribution is -2.28. The van der Waals surface area contributed by atoms with Crippen LogP contribution in [0.5, 0.6) is 5.88 Å². The first-order chi connectivity index (χ1) is 14.7. The molecule has 164 valence electrons. The first-order valence-corrected chi connectivity index (χ1v) is 9.24. The van der Waals surface area contributed by atoms with Gasteiger partial charge in [0.05, 0.1) is 16.8 Å². The zero-order valence-corrected chi connectivity index (χ0v) is 16.1. The van der Waals surface area contributed by atoms with Crippen LogP contribution in [-0.2, 0) is 9.53 Å². The summed E-state index contributed by atoms with van der Waals surface area (Å²) in [6.07, 6.45) is -1.70. The number of amides is 2. The van der Waals surface area contributed by atoms with E-state index < -0.39 is 31.3 Å². The van der Waals surface area contributed by atoms with Crippen LogP contribution in [0.2, 0.25) is 0 Å². The summed E-state index contributed by atoms with van der Waals surface area (Å²) in [4.78, 5) is 40.0. The van der Waals surface area contributed by atoms with Crippen molar-refractivity contribution in [3.63, 3.8) is 0 Å². The zero-order valence-electron chi connectivity index (χ0n) is 16.1. The van der Waals surface area contributed by atoms with Crippen LogP contribution in [0.1, 0.15) is 33.6 Å². The van der Waals surface area contributed by atoms with E-state index in [2.05, 4.69) is 20.4 Å². The number of pyridine rings is 1. The number of rotatable bonds is 8. The lowest BCUT2D eigenvalue weighted by molar-refractivity contribution is -0.154. The molecule has 1 heterocycles. The number of para-hydroxylation sites is 1. The molecule has 1 aliphatic carbocycles. The number of nitrogens with zero attached hydrogens (tertiary/aromatic N) is 1. The first kappa shape index (κ1) is 22.1. The SMILES string of the molecule is O=C(COC(=O)c1ccc(OCC(F)(F)F)nc1)Nc1ccccc1C(=O)NC1CC1. The van der Waals surface area contributed by atoms with E-state index in [0.717, 1.165) is 31.2 Å². The van der Waals surface area contributed by atoms with Crippen LogP contribution >= 0.6 is 0 Å². The van der Waals surface area contributed by atoms with Crippen molar-refractivity contribution < 1.29 is 37.0 Å². The van der Waals surface area contributed by atoms with Crippen LogP contribution < -0.4 is 15.4 Å². The number of carbonyl (C=O) groups excluding carboxylic acids is 3. The minimum absolute atomic E-state index is 0.0728. The smallest absolute Gasteiger partial charge is 0.422 e. The molecule has 2 amide bonds. The second-order valence-electron chi connectivity index (χ2n) is 6.71. The van der Waals surface area contributed by atoms with Gasteiger partial charge in [-0.2, -0.15) is 13.2 Å². The normalized spacial score (nSPS) is 13.3. The van der Waals surface area contributed by atoms with Gasteiger partial charge < -0.3 is 20.1 Å². The van der Waals surface area contributed by atoms with E-state index in [9.17, 15) is 27.6 Å². The van der Waals surface area contributed by atoms with Crippen molar-refractivity contribution >= 4 is 23.5 Å². The number of halogens is 3. The van der Waals surface area contributed by atoms with E-state index in [1.54, 1.807) is 24.3 Å². The maximum atomic E-state index is 12.3. The maximum Gasteiger partial charge on any atom is 0.422 e. The average molecular weight is 437 g/mol. The summed E-state index contributed by atoms with van der Waals surface area (Å²) in [5.74, 6) is -2.19. The highest BCUT2D eigenvalue weighted by Gasteiger charge is 2.28. The van der Waals surface area contributed by atoms with Crippen LogP contribution in [-0.4, -0.2) is 48.2 Å². The molecule has 0 unspecified atom stereocenters. The number of hydrogen-bond donors (Lipinski definition) is 2. The summed E-state index contributed by atoms with van der Waals surface area (Å²) in [6.45, 7) is -2.14. The molecule has 1 aromatic heterocycles. The topological polar surface area (TPSA) is 107 Å². The van der Waals surface area contributed by atoms with Gasteiger partial charge in [0.25, 0.3) is 11.8 Å². The van der Waals surface area contributed by atoms with E-state index in [4.69, 9.17) is 4.74 Å². The standard InChI is InChI=1S/C20H18F3N3O5/c21-20(22,23)11-31-17-8-5-12(9-24-17)19(29)30-10-16(27)26-15-4-2-1-3-14(15)18(28)25-13-6-7-13/h1-5,8-9,13H,6-7,10-11H2,(H,25,28)(H,26,27). The molecule has 31 heavy (non-hydrogen) atoms. The molecule has 1 aromatic carbocycles. The molecular weight excluding hydrogens is 419 g/mol. The fourth-order valence-corrected chi connectivity index (χ4v) is 2.42. The molecule has 1 saturated carbocycles. The van der Waals surface area contributed by atoms with E-state index in [1.807, 2.05) is 0 Å². The third kappa shape index (κ3) is 6.98. The Bertz CT molecular complexity index is 959. The van der Waals surface area contributed by atoms with Gasteiger partial charge >= 0.3 is 12.1 Å². The van der Waals surface area contributed by atoms with Crippen molar-refractivity contribution in [2.75, 3.05) is 18.5 Å². The highest BCUT2D eigenvalue weighted by atomic mass is 19.4. The Morgan fingerprint density at radius 2 is 1.84 bits per heavy atom. The van der Waals surface area contributed by atoms with Crippen molar-refractivity contribution in [3.05, 3.63) is 53.7 Å². The summed E-state index contributed by atoms with van der Waals surface area (Å²) in [7, 11) is 0. The number of carbonyl (C=O) groups is 3. The summed E-state index contributed by atoms with van der Waals surface area (Å²) in [5.41, 5.74) is 0.485. The van der Waals surface area contributed by atoms with Gasteiger partial charge in [0, 0.05) is 18.3 Å². The molecule has 0 saturated heterocycles. The predicted octanol–water partition coefficient (Wildman–Crippen LogP) is 2.71. The molecule has 0 aliphatic heterocycles. The van der Waals surface area contributed by atoms with Crippen LogP contribution in [0.4, 0.5) is 18.9 Å². The van der Waals surface area contributed by atoms with Crippen molar-refractivity contribution in [1.82, 2.24) is 10.3 Å². The van der Waals surface area contributed by atoms with Crippen molar-refractivity contribution in [2.24, 2.45) is 0 Å². The summed E-state index contributed by atoms with van der Waals surface area (Å²) in [5, 5.41) is 5.33. The lowest BCUT2D eigenvalue weighted by Gasteiger charge is -2.11. The highest BCUT2D eigenvalue weighted by Crippen LogP contribution is 2.21. The predicted molar refractivity (Wildman–Crippen MR) is 102 cm³/mol. The minimum Gasteiger partial charge on any atom is -0.468 e. The zero-order chi connectivity index (χ0) is 22.4. The molecule has 2 aromatic rings.